The molecule has 27 heavy (non-hydrogen) atoms. The summed E-state index contributed by atoms with van der Waals surface area (Å²) in [5.74, 6) is 1.24. The molecular formula is C24H30NOS+. The fourth-order valence-electron chi connectivity index (χ4n) is 2.82. The Morgan fingerprint density at radius 3 is 2.26 bits per heavy atom. The van der Waals surface area contributed by atoms with Gasteiger partial charge in [0.2, 0.25) is 5.04 Å². The van der Waals surface area contributed by atoms with E-state index in [1.165, 1.54) is 16.2 Å². The zero-order chi connectivity index (χ0) is 19.5. The highest BCUT2D eigenvalue weighted by molar-refractivity contribution is 8.14. The standard InChI is InChI=1S/C24H30NOS/c1-5-26-19-23(24(25(3)4)27-6-2)22(21-16-12-9-13-17-21)18-20-14-10-7-8-11-15-20/h7-20H,5-6H2,1-4H3/q+1/b22-18-,23-19-. The molecule has 0 spiro atoms. The number of allylic oxidation sites excluding steroid dienone is 8. The molecule has 0 saturated heterocycles. The topological polar surface area (TPSA) is 12.2 Å². The summed E-state index contributed by atoms with van der Waals surface area (Å²) in [5, 5.41) is 1.21. The molecule has 1 aromatic rings. The molecule has 0 radical (unpaired) electrons. The summed E-state index contributed by atoms with van der Waals surface area (Å²) in [6, 6.07) is 10.6. The van der Waals surface area contributed by atoms with Crippen LogP contribution in [0.15, 0.2) is 84.7 Å². The third-order valence-corrected chi connectivity index (χ3v) is 5.17. The van der Waals surface area contributed by atoms with Crippen molar-refractivity contribution in [3.05, 3.63) is 90.3 Å². The number of hydrogen-bond donors (Lipinski definition) is 0. The average molecular weight is 381 g/mol. The molecule has 0 atom stereocenters. The Bertz CT molecular complexity index is 762. The van der Waals surface area contributed by atoms with E-state index in [1.54, 1.807) is 0 Å². The van der Waals surface area contributed by atoms with Crippen LogP contribution in [0.2, 0.25) is 0 Å². The highest BCUT2D eigenvalue weighted by atomic mass is 32.2. The minimum Gasteiger partial charge on any atom is -0.501 e. The summed E-state index contributed by atoms with van der Waals surface area (Å²) in [5.41, 5.74) is 3.51. The normalized spacial score (nSPS) is 15.0. The van der Waals surface area contributed by atoms with Gasteiger partial charge >= 0.3 is 0 Å². The van der Waals surface area contributed by atoms with Crippen molar-refractivity contribution in [2.24, 2.45) is 5.92 Å². The molecule has 1 aliphatic carbocycles. The number of hydrogen-bond acceptors (Lipinski definition) is 2. The lowest BCUT2D eigenvalue weighted by atomic mass is 9.94. The van der Waals surface area contributed by atoms with Crippen LogP contribution in [0.4, 0.5) is 0 Å². The molecule has 0 N–H and O–H groups in total. The summed E-state index contributed by atoms with van der Waals surface area (Å²) < 4.78 is 7.95. The van der Waals surface area contributed by atoms with Crippen LogP contribution in [-0.4, -0.2) is 36.1 Å². The number of benzene rings is 1. The van der Waals surface area contributed by atoms with Crippen molar-refractivity contribution < 1.29 is 9.31 Å². The monoisotopic (exact) mass is 380 g/mol. The van der Waals surface area contributed by atoms with Crippen molar-refractivity contribution >= 4 is 22.4 Å². The molecule has 0 saturated carbocycles. The first-order valence-corrected chi connectivity index (χ1v) is 10.4. The van der Waals surface area contributed by atoms with Gasteiger partial charge in [0.25, 0.3) is 0 Å². The molecule has 1 aliphatic rings. The van der Waals surface area contributed by atoms with Crippen LogP contribution < -0.4 is 0 Å². The third-order valence-electron chi connectivity index (χ3n) is 4.02. The number of ether oxygens (including phenoxy) is 1. The van der Waals surface area contributed by atoms with E-state index in [9.17, 15) is 0 Å². The molecule has 1 aromatic carbocycles. The van der Waals surface area contributed by atoms with E-state index in [4.69, 9.17) is 4.74 Å². The minimum absolute atomic E-state index is 0.232. The maximum absolute atomic E-state index is 5.78. The Balaban J connectivity index is 2.62. The van der Waals surface area contributed by atoms with E-state index >= 15 is 0 Å². The first-order valence-electron chi connectivity index (χ1n) is 9.45. The van der Waals surface area contributed by atoms with Gasteiger partial charge in [0.15, 0.2) is 0 Å². The van der Waals surface area contributed by atoms with Crippen molar-refractivity contribution in [2.75, 3.05) is 26.5 Å². The van der Waals surface area contributed by atoms with Gasteiger partial charge < -0.3 is 4.74 Å². The smallest absolute Gasteiger partial charge is 0.245 e. The Kier molecular flexibility index (Phi) is 8.93. The van der Waals surface area contributed by atoms with Crippen molar-refractivity contribution in [2.45, 2.75) is 13.8 Å². The largest absolute Gasteiger partial charge is 0.501 e. The Morgan fingerprint density at radius 2 is 1.70 bits per heavy atom. The summed E-state index contributed by atoms with van der Waals surface area (Å²) in [7, 11) is 4.19. The van der Waals surface area contributed by atoms with Gasteiger partial charge in [-0.2, -0.15) is 0 Å². The van der Waals surface area contributed by atoms with E-state index in [0.717, 1.165) is 11.3 Å². The lowest BCUT2D eigenvalue weighted by Gasteiger charge is -2.15. The highest BCUT2D eigenvalue weighted by Gasteiger charge is 2.22. The minimum atomic E-state index is 0.232. The van der Waals surface area contributed by atoms with Crippen LogP contribution in [0.3, 0.4) is 0 Å². The van der Waals surface area contributed by atoms with Crippen LogP contribution in [0.5, 0.6) is 0 Å². The van der Waals surface area contributed by atoms with E-state index in [1.807, 2.05) is 24.9 Å². The molecule has 0 unspecified atom stereocenters. The van der Waals surface area contributed by atoms with Crippen LogP contribution in [0.25, 0.3) is 5.57 Å². The summed E-state index contributed by atoms with van der Waals surface area (Å²) >= 11 is 1.84. The Hall–Kier alpha value is -2.26. The van der Waals surface area contributed by atoms with Gasteiger partial charge in [-0.1, -0.05) is 91.5 Å². The zero-order valence-electron chi connectivity index (χ0n) is 16.8. The van der Waals surface area contributed by atoms with Gasteiger partial charge in [0.1, 0.15) is 14.1 Å². The quantitative estimate of drug-likeness (QED) is 0.197. The summed E-state index contributed by atoms with van der Waals surface area (Å²) in [6.45, 7) is 4.85. The third kappa shape index (κ3) is 6.44. The first kappa shape index (κ1) is 21.0. The predicted octanol–water partition coefficient (Wildman–Crippen LogP) is 5.71. The predicted molar refractivity (Wildman–Crippen MR) is 120 cm³/mol. The highest BCUT2D eigenvalue weighted by Crippen LogP contribution is 2.30. The molecule has 0 fully saturated rings. The average Bonchev–Trinajstić information content (AvgIpc) is 2.95. The number of rotatable bonds is 7. The zero-order valence-corrected chi connectivity index (χ0v) is 17.6. The molecule has 0 aliphatic heterocycles. The van der Waals surface area contributed by atoms with Crippen LogP contribution in [-0.2, 0) is 4.74 Å². The SMILES string of the molecule is CCO/C=C(C(SCC)=[N+](C)C)/C(=C\C1C=CC=CC=C1)c1ccccc1. The van der Waals surface area contributed by atoms with Crippen LogP contribution in [0, 0.1) is 5.92 Å². The van der Waals surface area contributed by atoms with Crippen LogP contribution in [0.1, 0.15) is 19.4 Å². The maximum Gasteiger partial charge on any atom is 0.245 e. The molecule has 2 rings (SSSR count). The van der Waals surface area contributed by atoms with Gasteiger partial charge in [-0.3, -0.25) is 0 Å². The van der Waals surface area contributed by atoms with E-state index in [-0.39, 0.29) is 5.92 Å². The van der Waals surface area contributed by atoms with E-state index < -0.39 is 0 Å². The Morgan fingerprint density at radius 1 is 1.04 bits per heavy atom. The number of nitrogens with zero attached hydrogens (tertiary/aromatic N) is 1. The second kappa shape index (κ2) is 11.5. The van der Waals surface area contributed by atoms with Crippen LogP contribution >= 0.6 is 11.8 Å². The molecule has 0 aromatic heterocycles. The Labute approximate surface area is 168 Å². The molecule has 142 valence electrons. The summed E-state index contributed by atoms with van der Waals surface area (Å²) in [4.78, 5) is 0. The first-order chi connectivity index (χ1) is 13.2. The van der Waals surface area contributed by atoms with Gasteiger partial charge in [-0.05, 0) is 18.1 Å². The second-order valence-electron chi connectivity index (χ2n) is 6.30. The lowest BCUT2D eigenvalue weighted by Crippen LogP contribution is -2.15. The van der Waals surface area contributed by atoms with Crippen molar-refractivity contribution in [1.29, 1.82) is 0 Å². The second-order valence-corrected chi connectivity index (χ2v) is 7.55. The van der Waals surface area contributed by atoms with Crippen molar-refractivity contribution in [3.63, 3.8) is 0 Å². The number of thioether (sulfide) groups is 1. The van der Waals surface area contributed by atoms with E-state index in [2.05, 4.69) is 98.5 Å². The molecule has 0 amide bonds. The fraction of sp³-hybridized carbons (Fsp3) is 0.292. The van der Waals surface area contributed by atoms with Gasteiger partial charge in [0, 0.05) is 11.7 Å². The van der Waals surface area contributed by atoms with Crippen molar-refractivity contribution in [3.8, 4) is 0 Å². The van der Waals surface area contributed by atoms with Gasteiger partial charge in [0.05, 0.1) is 18.4 Å². The molecule has 3 heteroatoms. The van der Waals surface area contributed by atoms with Gasteiger partial charge in [-0.15, -0.1) is 0 Å². The molecule has 0 heterocycles. The molecule has 0 bridgehead atoms. The van der Waals surface area contributed by atoms with Gasteiger partial charge in [-0.25, -0.2) is 4.58 Å². The molecule has 2 nitrogen and oxygen atoms in total. The fourth-order valence-corrected chi connectivity index (χ4v) is 3.67. The summed E-state index contributed by atoms with van der Waals surface area (Å²) in [6.07, 6.45) is 17.0. The van der Waals surface area contributed by atoms with Crippen molar-refractivity contribution in [1.82, 2.24) is 0 Å². The lowest BCUT2D eigenvalue weighted by molar-refractivity contribution is -0.460. The maximum atomic E-state index is 5.78. The van der Waals surface area contributed by atoms with E-state index in [0.29, 0.717) is 6.61 Å². The molecular weight excluding hydrogens is 350 g/mol.